The fourth-order valence-corrected chi connectivity index (χ4v) is 2.33. The molecule has 0 unspecified atom stereocenters. The van der Waals surface area contributed by atoms with Crippen molar-refractivity contribution in [3.63, 3.8) is 0 Å². The van der Waals surface area contributed by atoms with Crippen molar-refractivity contribution < 1.29 is 13.9 Å². The highest BCUT2D eigenvalue weighted by molar-refractivity contribution is 6.31. The summed E-state index contributed by atoms with van der Waals surface area (Å²) in [5.41, 5.74) is 1.06. The van der Waals surface area contributed by atoms with Gasteiger partial charge in [-0.25, -0.2) is 4.79 Å². The summed E-state index contributed by atoms with van der Waals surface area (Å²) in [6.07, 6.45) is 1.96. The molecule has 0 amide bonds. The number of carbonyl (C=O) groups is 1. The summed E-state index contributed by atoms with van der Waals surface area (Å²) in [7, 11) is 1.33. The zero-order chi connectivity index (χ0) is 14.1. The number of hydrogen-bond acceptors (Lipinski definition) is 3. The third kappa shape index (κ3) is 2.30. The Balaban J connectivity index is 1.89. The fraction of sp³-hybridized carbons (Fsp3) is 0.133. The van der Waals surface area contributed by atoms with Crippen LogP contribution in [0.4, 0.5) is 0 Å². The van der Waals surface area contributed by atoms with E-state index in [1.165, 1.54) is 7.11 Å². The Morgan fingerprint density at radius 1 is 1.30 bits per heavy atom. The van der Waals surface area contributed by atoms with E-state index in [0.717, 1.165) is 10.9 Å². The summed E-state index contributed by atoms with van der Waals surface area (Å²) in [5, 5.41) is 1.78. The smallest absolute Gasteiger partial charge is 0.373 e. The quantitative estimate of drug-likeness (QED) is 0.690. The second-order valence-electron chi connectivity index (χ2n) is 4.40. The Morgan fingerprint density at radius 2 is 2.15 bits per heavy atom. The molecular formula is C15H12ClNO3. The second-order valence-corrected chi connectivity index (χ2v) is 4.84. The van der Waals surface area contributed by atoms with Crippen LogP contribution in [0.25, 0.3) is 10.9 Å². The molecule has 0 radical (unpaired) electrons. The van der Waals surface area contributed by atoms with E-state index in [1.807, 2.05) is 35.0 Å². The van der Waals surface area contributed by atoms with Crippen LogP contribution in [-0.4, -0.2) is 17.6 Å². The van der Waals surface area contributed by atoms with Crippen LogP contribution in [0.3, 0.4) is 0 Å². The van der Waals surface area contributed by atoms with Gasteiger partial charge < -0.3 is 13.7 Å². The van der Waals surface area contributed by atoms with E-state index in [2.05, 4.69) is 4.74 Å². The monoisotopic (exact) mass is 289 g/mol. The second kappa shape index (κ2) is 5.06. The molecule has 0 N–H and O–H groups in total. The van der Waals surface area contributed by atoms with Gasteiger partial charge >= 0.3 is 5.97 Å². The number of esters is 1. The number of fused-ring (bicyclic) bond motifs is 1. The molecule has 1 aromatic carbocycles. The number of aromatic nitrogens is 1. The molecule has 3 rings (SSSR count). The molecule has 102 valence electrons. The number of carbonyl (C=O) groups excluding carboxylic acids is 1. The van der Waals surface area contributed by atoms with E-state index in [1.54, 1.807) is 12.1 Å². The maximum atomic E-state index is 11.3. The minimum Gasteiger partial charge on any atom is -0.463 e. The normalized spacial score (nSPS) is 10.9. The maximum absolute atomic E-state index is 11.3. The predicted molar refractivity (Wildman–Crippen MR) is 76.1 cm³/mol. The average Bonchev–Trinajstić information content (AvgIpc) is 3.06. The van der Waals surface area contributed by atoms with E-state index in [-0.39, 0.29) is 5.76 Å². The van der Waals surface area contributed by atoms with Crippen molar-refractivity contribution in [2.75, 3.05) is 7.11 Å². The van der Waals surface area contributed by atoms with Gasteiger partial charge in [-0.05, 0) is 36.4 Å². The Hall–Kier alpha value is -2.20. The Labute approximate surface area is 120 Å². The molecule has 3 aromatic rings. The van der Waals surface area contributed by atoms with Gasteiger partial charge in [0.1, 0.15) is 5.76 Å². The first-order chi connectivity index (χ1) is 9.67. The fourth-order valence-electron chi connectivity index (χ4n) is 2.15. The summed E-state index contributed by atoms with van der Waals surface area (Å²) >= 11 is 5.96. The molecule has 0 aliphatic heterocycles. The molecule has 0 atom stereocenters. The molecule has 0 spiro atoms. The zero-order valence-corrected chi connectivity index (χ0v) is 11.6. The first-order valence-corrected chi connectivity index (χ1v) is 6.46. The van der Waals surface area contributed by atoms with Crippen LogP contribution >= 0.6 is 11.6 Å². The molecular weight excluding hydrogens is 278 g/mol. The number of ether oxygens (including phenoxy) is 1. The van der Waals surface area contributed by atoms with Crippen molar-refractivity contribution >= 4 is 28.5 Å². The molecule has 0 aliphatic carbocycles. The summed E-state index contributed by atoms with van der Waals surface area (Å²) in [6, 6.07) is 11.1. The van der Waals surface area contributed by atoms with Crippen LogP contribution in [0.1, 0.15) is 16.3 Å². The topological polar surface area (TPSA) is 44.4 Å². The lowest BCUT2D eigenvalue weighted by atomic mass is 10.2. The van der Waals surface area contributed by atoms with Gasteiger partial charge in [0.15, 0.2) is 0 Å². The molecule has 5 heteroatoms. The van der Waals surface area contributed by atoms with Gasteiger partial charge in [0, 0.05) is 22.1 Å². The lowest BCUT2D eigenvalue weighted by Crippen LogP contribution is -1.99. The van der Waals surface area contributed by atoms with Crippen molar-refractivity contribution in [2.24, 2.45) is 0 Å². The van der Waals surface area contributed by atoms with Gasteiger partial charge in [0.05, 0.1) is 13.7 Å². The van der Waals surface area contributed by atoms with Gasteiger partial charge in [-0.3, -0.25) is 0 Å². The van der Waals surface area contributed by atoms with Crippen LogP contribution in [0.2, 0.25) is 5.02 Å². The molecule has 0 saturated carbocycles. The number of halogens is 1. The third-order valence-electron chi connectivity index (χ3n) is 3.11. The summed E-state index contributed by atoms with van der Waals surface area (Å²) in [6.45, 7) is 0.544. The van der Waals surface area contributed by atoms with Gasteiger partial charge in [-0.15, -0.1) is 0 Å². The number of methoxy groups -OCH3 is 1. The van der Waals surface area contributed by atoms with Gasteiger partial charge in [-0.1, -0.05) is 11.6 Å². The number of benzene rings is 1. The highest BCUT2D eigenvalue weighted by Crippen LogP contribution is 2.22. The number of furan rings is 1. The number of nitrogens with zero attached hydrogens (tertiary/aromatic N) is 1. The first kappa shape index (κ1) is 12.8. The van der Waals surface area contributed by atoms with E-state index in [0.29, 0.717) is 17.3 Å². The van der Waals surface area contributed by atoms with Gasteiger partial charge in [-0.2, -0.15) is 0 Å². The highest BCUT2D eigenvalue weighted by atomic mass is 35.5. The van der Waals surface area contributed by atoms with E-state index in [9.17, 15) is 4.79 Å². The zero-order valence-electron chi connectivity index (χ0n) is 10.8. The van der Waals surface area contributed by atoms with Gasteiger partial charge in [0.2, 0.25) is 5.76 Å². The van der Waals surface area contributed by atoms with Crippen molar-refractivity contribution in [3.05, 3.63) is 59.1 Å². The molecule has 0 aliphatic rings. The SMILES string of the molecule is COC(=O)c1ccc(Cn2ccc3cc(Cl)ccc32)o1. The summed E-state index contributed by atoms with van der Waals surface area (Å²) in [5.74, 6) is 0.431. The van der Waals surface area contributed by atoms with E-state index < -0.39 is 5.97 Å². The molecule has 2 aromatic heterocycles. The van der Waals surface area contributed by atoms with Crippen molar-refractivity contribution in [2.45, 2.75) is 6.54 Å². The third-order valence-corrected chi connectivity index (χ3v) is 3.34. The summed E-state index contributed by atoms with van der Waals surface area (Å²) < 4.78 is 12.1. The lowest BCUT2D eigenvalue weighted by molar-refractivity contribution is 0.0563. The van der Waals surface area contributed by atoms with Crippen molar-refractivity contribution in [1.29, 1.82) is 0 Å². The van der Waals surface area contributed by atoms with Crippen LogP contribution in [0.15, 0.2) is 47.0 Å². The maximum Gasteiger partial charge on any atom is 0.373 e. The Bertz CT molecular complexity index is 772. The first-order valence-electron chi connectivity index (χ1n) is 6.09. The predicted octanol–water partition coefficient (Wildman–Crippen LogP) is 3.72. The lowest BCUT2D eigenvalue weighted by Gasteiger charge is -2.03. The Kier molecular flexibility index (Phi) is 3.24. The molecule has 0 bridgehead atoms. The molecule has 0 fully saturated rings. The van der Waals surface area contributed by atoms with Gasteiger partial charge in [0.25, 0.3) is 0 Å². The van der Waals surface area contributed by atoms with Crippen LogP contribution in [-0.2, 0) is 11.3 Å². The van der Waals surface area contributed by atoms with E-state index in [4.69, 9.17) is 16.0 Å². The number of rotatable bonds is 3. The average molecular weight is 290 g/mol. The molecule has 20 heavy (non-hydrogen) atoms. The minimum atomic E-state index is -0.472. The molecule has 2 heterocycles. The van der Waals surface area contributed by atoms with Crippen LogP contribution < -0.4 is 0 Å². The Morgan fingerprint density at radius 3 is 2.95 bits per heavy atom. The van der Waals surface area contributed by atoms with E-state index >= 15 is 0 Å². The summed E-state index contributed by atoms with van der Waals surface area (Å²) in [4.78, 5) is 11.3. The minimum absolute atomic E-state index is 0.210. The largest absolute Gasteiger partial charge is 0.463 e. The number of hydrogen-bond donors (Lipinski definition) is 0. The van der Waals surface area contributed by atoms with Crippen LogP contribution in [0, 0.1) is 0 Å². The van der Waals surface area contributed by atoms with Crippen LogP contribution in [0.5, 0.6) is 0 Å². The molecule has 4 nitrogen and oxygen atoms in total. The van der Waals surface area contributed by atoms with Crippen molar-refractivity contribution in [1.82, 2.24) is 4.57 Å². The molecule has 0 saturated heterocycles. The van der Waals surface area contributed by atoms with Crippen molar-refractivity contribution in [3.8, 4) is 0 Å². The standard InChI is InChI=1S/C15H12ClNO3/c1-19-15(18)14-5-3-12(20-14)9-17-7-6-10-8-11(16)2-4-13(10)17/h2-8H,9H2,1H3. The highest BCUT2D eigenvalue weighted by Gasteiger charge is 2.11.